The second-order valence-electron chi connectivity index (χ2n) is 4.43. The van der Waals surface area contributed by atoms with E-state index in [1.54, 1.807) is 13.1 Å². The molecule has 100 valence electrons. The summed E-state index contributed by atoms with van der Waals surface area (Å²) in [5, 5.41) is 9.36. The van der Waals surface area contributed by atoms with Gasteiger partial charge in [0.25, 0.3) is 0 Å². The van der Waals surface area contributed by atoms with Gasteiger partial charge in [-0.2, -0.15) is 0 Å². The van der Waals surface area contributed by atoms with Gasteiger partial charge in [0.05, 0.1) is 17.7 Å². The number of hydrogen-bond donors (Lipinski definition) is 1. The Labute approximate surface area is 113 Å². The third-order valence-electron chi connectivity index (χ3n) is 2.92. The number of para-hydroxylation sites is 1. The first-order valence-corrected chi connectivity index (χ1v) is 7.37. The average molecular weight is 277 g/mol. The van der Waals surface area contributed by atoms with E-state index in [1.807, 2.05) is 30.3 Å². The summed E-state index contributed by atoms with van der Waals surface area (Å²) in [5.74, 6) is -0.583. The number of carbonyl (C=O) groups is 1. The number of carboxylic acids is 1. The van der Waals surface area contributed by atoms with Crippen LogP contribution in [0.4, 0.5) is 0 Å². The molecule has 2 rings (SSSR count). The van der Waals surface area contributed by atoms with Crippen molar-refractivity contribution in [1.29, 1.82) is 0 Å². The SMILES string of the molecule is CC(CC(=O)O)S(=O)Cc1cccc2cccnc12. The summed E-state index contributed by atoms with van der Waals surface area (Å²) >= 11 is 0. The largest absolute Gasteiger partial charge is 0.481 e. The fraction of sp³-hybridized carbons (Fsp3) is 0.286. The van der Waals surface area contributed by atoms with E-state index in [-0.39, 0.29) is 11.7 Å². The van der Waals surface area contributed by atoms with Crippen molar-refractivity contribution in [3.63, 3.8) is 0 Å². The van der Waals surface area contributed by atoms with Gasteiger partial charge in [-0.25, -0.2) is 0 Å². The van der Waals surface area contributed by atoms with Gasteiger partial charge in [-0.3, -0.25) is 14.0 Å². The monoisotopic (exact) mass is 277 g/mol. The van der Waals surface area contributed by atoms with Crippen LogP contribution in [0.25, 0.3) is 10.9 Å². The highest BCUT2D eigenvalue weighted by molar-refractivity contribution is 7.84. The lowest BCUT2D eigenvalue weighted by molar-refractivity contribution is -0.136. The quantitative estimate of drug-likeness (QED) is 0.911. The summed E-state index contributed by atoms with van der Waals surface area (Å²) in [7, 11) is -1.21. The summed E-state index contributed by atoms with van der Waals surface area (Å²) in [4.78, 5) is 14.9. The Morgan fingerprint density at radius 3 is 2.84 bits per heavy atom. The highest BCUT2D eigenvalue weighted by atomic mass is 32.2. The zero-order chi connectivity index (χ0) is 13.8. The average Bonchev–Trinajstić information content (AvgIpc) is 2.38. The molecule has 0 aliphatic carbocycles. The molecule has 2 aromatic rings. The molecule has 0 aliphatic rings. The summed E-state index contributed by atoms with van der Waals surface area (Å²) in [5.41, 5.74) is 1.73. The van der Waals surface area contributed by atoms with Crippen LogP contribution in [0.1, 0.15) is 18.9 Å². The molecule has 2 unspecified atom stereocenters. The fourth-order valence-electron chi connectivity index (χ4n) is 1.92. The normalized spacial score (nSPS) is 14.2. The molecule has 0 aliphatic heterocycles. The summed E-state index contributed by atoms with van der Waals surface area (Å²) < 4.78 is 12.1. The molecular formula is C14H15NO3S. The van der Waals surface area contributed by atoms with E-state index in [2.05, 4.69) is 4.98 Å². The molecule has 0 spiro atoms. The Kier molecular flexibility index (Phi) is 4.27. The first-order chi connectivity index (χ1) is 9.08. The topological polar surface area (TPSA) is 67.3 Å². The van der Waals surface area contributed by atoms with E-state index in [0.717, 1.165) is 16.5 Å². The van der Waals surface area contributed by atoms with Gasteiger partial charge < -0.3 is 5.11 Å². The molecule has 0 amide bonds. The number of hydrogen-bond acceptors (Lipinski definition) is 3. The number of nitrogens with zero attached hydrogens (tertiary/aromatic N) is 1. The van der Waals surface area contributed by atoms with Crippen LogP contribution in [0.3, 0.4) is 0 Å². The number of fused-ring (bicyclic) bond motifs is 1. The van der Waals surface area contributed by atoms with Crippen molar-refractivity contribution in [3.8, 4) is 0 Å². The minimum Gasteiger partial charge on any atom is -0.481 e. The molecule has 2 atom stereocenters. The Bertz CT molecular complexity index is 622. The van der Waals surface area contributed by atoms with Crippen molar-refractivity contribution in [2.75, 3.05) is 0 Å². The molecule has 0 radical (unpaired) electrons. The van der Waals surface area contributed by atoms with Crippen molar-refractivity contribution in [2.24, 2.45) is 0 Å². The summed E-state index contributed by atoms with van der Waals surface area (Å²) in [6.07, 6.45) is 1.63. The number of aliphatic carboxylic acids is 1. The molecule has 1 aromatic carbocycles. The lowest BCUT2D eigenvalue weighted by atomic mass is 10.1. The van der Waals surface area contributed by atoms with E-state index in [1.165, 1.54) is 0 Å². The van der Waals surface area contributed by atoms with Crippen LogP contribution in [0.5, 0.6) is 0 Å². The first kappa shape index (κ1) is 13.7. The Hall–Kier alpha value is -1.75. The molecule has 4 nitrogen and oxygen atoms in total. The zero-order valence-electron chi connectivity index (χ0n) is 10.6. The van der Waals surface area contributed by atoms with Gasteiger partial charge in [0.1, 0.15) is 0 Å². The van der Waals surface area contributed by atoms with E-state index in [0.29, 0.717) is 5.75 Å². The lowest BCUT2D eigenvalue weighted by Crippen LogP contribution is -2.17. The van der Waals surface area contributed by atoms with Crippen molar-refractivity contribution in [1.82, 2.24) is 4.98 Å². The van der Waals surface area contributed by atoms with Crippen LogP contribution in [-0.2, 0) is 21.3 Å². The second kappa shape index (κ2) is 5.93. The standard InChI is InChI=1S/C14H15NO3S/c1-10(8-13(16)17)19(18)9-12-5-2-4-11-6-3-7-15-14(11)12/h2-7,10H,8-9H2,1H3,(H,16,17). The molecule has 5 heteroatoms. The number of pyridine rings is 1. The third-order valence-corrected chi connectivity index (χ3v) is 4.58. The number of rotatable bonds is 5. The van der Waals surface area contributed by atoms with Crippen LogP contribution in [-0.4, -0.2) is 25.5 Å². The highest BCUT2D eigenvalue weighted by Crippen LogP contribution is 2.19. The zero-order valence-corrected chi connectivity index (χ0v) is 11.4. The number of benzene rings is 1. The molecule has 1 heterocycles. The third kappa shape index (κ3) is 3.38. The maximum absolute atomic E-state index is 12.1. The smallest absolute Gasteiger partial charge is 0.304 e. The van der Waals surface area contributed by atoms with Gasteiger partial charge in [0, 0.05) is 27.6 Å². The summed E-state index contributed by atoms with van der Waals surface area (Å²) in [6.45, 7) is 1.70. The Morgan fingerprint density at radius 2 is 2.11 bits per heavy atom. The molecule has 0 bridgehead atoms. The maximum Gasteiger partial charge on any atom is 0.304 e. The molecule has 19 heavy (non-hydrogen) atoms. The van der Waals surface area contributed by atoms with Gasteiger partial charge in [0.15, 0.2) is 0 Å². The van der Waals surface area contributed by atoms with Gasteiger partial charge in [-0.05, 0) is 11.6 Å². The van der Waals surface area contributed by atoms with Crippen LogP contribution < -0.4 is 0 Å². The van der Waals surface area contributed by atoms with E-state index in [9.17, 15) is 9.00 Å². The van der Waals surface area contributed by atoms with E-state index in [4.69, 9.17) is 5.11 Å². The van der Waals surface area contributed by atoms with Gasteiger partial charge in [0.2, 0.25) is 0 Å². The van der Waals surface area contributed by atoms with Crippen LogP contribution in [0.2, 0.25) is 0 Å². The van der Waals surface area contributed by atoms with Gasteiger partial charge in [-0.15, -0.1) is 0 Å². The number of aromatic nitrogens is 1. The predicted octanol–water partition coefficient (Wildman–Crippen LogP) is 2.35. The second-order valence-corrected chi connectivity index (χ2v) is 6.28. The predicted molar refractivity (Wildman–Crippen MR) is 75.3 cm³/mol. The van der Waals surface area contributed by atoms with Gasteiger partial charge >= 0.3 is 5.97 Å². The van der Waals surface area contributed by atoms with Crippen molar-refractivity contribution < 1.29 is 14.1 Å². The highest BCUT2D eigenvalue weighted by Gasteiger charge is 2.16. The molecule has 1 aromatic heterocycles. The van der Waals surface area contributed by atoms with Crippen molar-refractivity contribution >= 4 is 27.7 Å². The molecule has 0 saturated carbocycles. The van der Waals surface area contributed by atoms with Crippen LogP contribution in [0, 0.1) is 0 Å². The van der Waals surface area contributed by atoms with Crippen LogP contribution >= 0.6 is 0 Å². The molecular weight excluding hydrogens is 262 g/mol. The van der Waals surface area contributed by atoms with Crippen molar-refractivity contribution in [2.45, 2.75) is 24.3 Å². The summed E-state index contributed by atoms with van der Waals surface area (Å²) in [6, 6.07) is 9.56. The molecule has 0 saturated heterocycles. The molecule has 0 fully saturated rings. The first-order valence-electron chi connectivity index (χ1n) is 5.99. The minimum atomic E-state index is -1.21. The van der Waals surface area contributed by atoms with E-state index < -0.39 is 16.8 Å². The lowest BCUT2D eigenvalue weighted by Gasteiger charge is -2.10. The Morgan fingerprint density at radius 1 is 1.37 bits per heavy atom. The molecule has 1 N–H and O–H groups in total. The Balaban J connectivity index is 2.22. The minimum absolute atomic E-state index is 0.0786. The van der Waals surface area contributed by atoms with Crippen LogP contribution in [0.15, 0.2) is 36.5 Å². The van der Waals surface area contributed by atoms with Gasteiger partial charge in [-0.1, -0.05) is 31.2 Å². The fourth-order valence-corrected chi connectivity index (χ4v) is 3.07. The van der Waals surface area contributed by atoms with E-state index >= 15 is 0 Å². The van der Waals surface area contributed by atoms with Crippen molar-refractivity contribution in [3.05, 3.63) is 42.1 Å². The maximum atomic E-state index is 12.1. The number of carboxylic acid groups (broad SMARTS) is 1.